The number of nitrogens with one attached hydrogen (secondary N) is 2. The molecule has 0 spiro atoms. The molecule has 0 aliphatic heterocycles. The summed E-state index contributed by atoms with van der Waals surface area (Å²) in [6.45, 7) is 0.251. The first-order valence-electron chi connectivity index (χ1n) is 8.63. The summed E-state index contributed by atoms with van der Waals surface area (Å²) in [6.07, 6.45) is 5.31. The molecular formula is C18H17F2N7O. The minimum absolute atomic E-state index is 0.123. The highest BCUT2D eigenvalue weighted by Gasteiger charge is 2.48. The second kappa shape index (κ2) is 6.95. The molecule has 28 heavy (non-hydrogen) atoms. The molecule has 0 atom stereocenters. The maximum atomic E-state index is 14.2. The molecule has 0 unspecified atom stereocenters. The van der Waals surface area contributed by atoms with E-state index in [1.165, 1.54) is 36.9 Å². The fraction of sp³-hybridized carbons (Fsp3) is 0.278. The van der Waals surface area contributed by atoms with E-state index >= 15 is 0 Å². The van der Waals surface area contributed by atoms with Gasteiger partial charge in [-0.3, -0.25) is 9.78 Å². The highest BCUT2D eigenvalue weighted by Crippen LogP contribution is 2.45. The summed E-state index contributed by atoms with van der Waals surface area (Å²) >= 11 is 0. The van der Waals surface area contributed by atoms with Crippen molar-refractivity contribution in [1.82, 2.24) is 24.9 Å². The van der Waals surface area contributed by atoms with Crippen molar-refractivity contribution in [3.8, 4) is 11.3 Å². The van der Waals surface area contributed by atoms with Crippen molar-refractivity contribution in [2.45, 2.75) is 24.4 Å². The van der Waals surface area contributed by atoms with Gasteiger partial charge in [0.1, 0.15) is 12.0 Å². The summed E-state index contributed by atoms with van der Waals surface area (Å²) < 4.78 is 27.8. The maximum Gasteiger partial charge on any atom is 0.290 e. The molecule has 3 aromatic rings. The van der Waals surface area contributed by atoms with Gasteiger partial charge in [0.15, 0.2) is 5.82 Å². The summed E-state index contributed by atoms with van der Waals surface area (Å²) in [5.41, 5.74) is 5.40. The molecule has 4 rings (SSSR count). The van der Waals surface area contributed by atoms with Crippen LogP contribution in [0.4, 0.5) is 20.5 Å². The van der Waals surface area contributed by atoms with E-state index in [0.29, 0.717) is 17.2 Å². The number of rotatable bonds is 5. The highest BCUT2D eigenvalue weighted by molar-refractivity contribution is 5.56. The van der Waals surface area contributed by atoms with Crippen LogP contribution in [0.2, 0.25) is 0 Å². The van der Waals surface area contributed by atoms with Crippen LogP contribution >= 0.6 is 0 Å². The average Bonchev–Trinajstić information content (AvgIpc) is 2.67. The third kappa shape index (κ3) is 3.28. The zero-order valence-electron chi connectivity index (χ0n) is 14.7. The molecule has 3 aromatic heterocycles. The summed E-state index contributed by atoms with van der Waals surface area (Å²) in [7, 11) is 0. The number of aromatic nitrogens is 5. The number of hydrogen-bond donors (Lipinski definition) is 3. The minimum Gasteiger partial charge on any atom is -0.379 e. The summed E-state index contributed by atoms with van der Waals surface area (Å²) in [5.74, 6) is -0.276. The number of halogens is 2. The van der Waals surface area contributed by atoms with Crippen LogP contribution in [0.1, 0.15) is 18.5 Å². The van der Waals surface area contributed by atoms with E-state index in [0.717, 1.165) is 0 Å². The molecule has 1 saturated carbocycles. The van der Waals surface area contributed by atoms with E-state index in [9.17, 15) is 13.6 Å². The molecule has 1 aliphatic rings. The van der Waals surface area contributed by atoms with Crippen molar-refractivity contribution in [3.63, 3.8) is 0 Å². The molecule has 0 radical (unpaired) electrons. The molecule has 10 heteroatoms. The number of hydrogen-bond acceptors (Lipinski definition) is 7. The zero-order valence-corrected chi connectivity index (χ0v) is 14.7. The number of pyridine rings is 1. The van der Waals surface area contributed by atoms with Gasteiger partial charge in [-0.25, -0.2) is 23.7 Å². The number of aromatic amines is 1. The first kappa shape index (κ1) is 18.0. The van der Waals surface area contributed by atoms with Gasteiger partial charge in [0.25, 0.3) is 5.56 Å². The van der Waals surface area contributed by atoms with Gasteiger partial charge in [-0.2, -0.15) is 0 Å². The van der Waals surface area contributed by atoms with Gasteiger partial charge in [-0.1, -0.05) is 0 Å². The molecule has 3 heterocycles. The maximum absolute atomic E-state index is 14.2. The molecule has 1 aliphatic carbocycles. The lowest BCUT2D eigenvalue weighted by atomic mass is 9.65. The Kier molecular flexibility index (Phi) is 4.46. The van der Waals surface area contributed by atoms with E-state index in [-0.39, 0.29) is 30.9 Å². The van der Waals surface area contributed by atoms with Gasteiger partial charge in [0, 0.05) is 36.1 Å². The van der Waals surface area contributed by atoms with Gasteiger partial charge in [0.2, 0.25) is 5.95 Å². The van der Waals surface area contributed by atoms with E-state index in [1.807, 2.05) is 0 Å². The number of nitrogens with two attached hydrogens (primary N) is 1. The third-order valence-electron chi connectivity index (χ3n) is 4.85. The largest absolute Gasteiger partial charge is 0.379 e. The van der Waals surface area contributed by atoms with E-state index in [4.69, 9.17) is 5.73 Å². The Bertz CT molecular complexity index is 1050. The Morgan fingerprint density at radius 1 is 1.21 bits per heavy atom. The molecule has 0 aromatic carbocycles. The van der Waals surface area contributed by atoms with E-state index < -0.39 is 23.0 Å². The molecular weight excluding hydrogens is 368 g/mol. The Morgan fingerprint density at radius 2 is 1.96 bits per heavy atom. The van der Waals surface area contributed by atoms with Crippen molar-refractivity contribution in [2.24, 2.45) is 0 Å². The van der Waals surface area contributed by atoms with Crippen LogP contribution < -0.4 is 16.6 Å². The van der Waals surface area contributed by atoms with E-state index in [2.05, 4.69) is 30.2 Å². The standard InChI is InChI=1S/C18H17F2N7O/c19-11-4-18(5-11,14-12(20)2-1-3-22-14)9-26-17-24-6-10(7-25-17)13-8-23-15(21)16(28)27-13/h1-3,6-8,11H,4-5,9H2,(H2,21,23)(H,27,28)(H,24,25,26)/t11-,18-. The van der Waals surface area contributed by atoms with Gasteiger partial charge in [-0.05, 0) is 25.0 Å². The zero-order chi connectivity index (χ0) is 19.7. The number of H-pyrrole nitrogens is 1. The van der Waals surface area contributed by atoms with Crippen LogP contribution in [0.3, 0.4) is 0 Å². The van der Waals surface area contributed by atoms with Crippen LogP contribution in [-0.2, 0) is 5.41 Å². The molecule has 8 nitrogen and oxygen atoms in total. The number of nitrogen functional groups attached to an aromatic ring is 1. The molecule has 0 amide bonds. The Morgan fingerprint density at radius 3 is 2.61 bits per heavy atom. The lowest BCUT2D eigenvalue weighted by molar-refractivity contribution is 0.0963. The van der Waals surface area contributed by atoms with Crippen LogP contribution in [-0.4, -0.2) is 37.6 Å². The van der Waals surface area contributed by atoms with Crippen molar-refractivity contribution in [3.05, 3.63) is 58.8 Å². The predicted octanol–water partition coefficient (Wildman–Crippen LogP) is 1.82. The van der Waals surface area contributed by atoms with Gasteiger partial charge < -0.3 is 16.0 Å². The highest BCUT2D eigenvalue weighted by atomic mass is 19.1. The summed E-state index contributed by atoms with van der Waals surface area (Å²) in [5, 5.41) is 3.03. The van der Waals surface area contributed by atoms with Crippen molar-refractivity contribution < 1.29 is 8.78 Å². The van der Waals surface area contributed by atoms with E-state index in [1.54, 1.807) is 0 Å². The molecule has 0 saturated heterocycles. The molecule has 1 fully saturated rings. The third-order valence-corrected chi connectivity index (χ3v) is 4.85. The second-order valence-corrected chi connectivity index (χ2v) is 6.78. The van der Waals surface area contributed by atoms with Crippen LogP contribution in [0.25, 0.3) is 11.3 Å². The fourth-order valence-corrected chi connectivity index (χ4v) is 3.35. The average molecular weight is 385 g/mol. The minimum atomic E-state index is -0.985. The van der Waals surface area contributed by atoms with Gasteiger partial charge in [-0.15, -0.1) is 0 Å². The Balaban J connectivity index is 1.50. The predicted molar refractivity (Wildman–Crippen MR) is 98.8 cm³/mol. The second-order valence-electron chi connectivity index (χ2n) is 6.78. The lowest BCUT2D eigenvalue weighted by Gasteiger charge is -2.43. The SMILES string of the molecule is Nc1ncc(-c2cnc(NC[C@]3(c4ncccc4F)C[C@H](F)C3)nc2)[nH]c1=O. The smallest absolute Gasteiger partial charge is 0.290 e. The normalized spacial score (nSPS) is 21.1. The molecule has 0 bridgehead atoms. The van der Waals surface area contributed by atoms with Crippen molar-refractivity contribution >= 4 is 11.8 Å². The topological polar surface area (TPSA) is 122 Å². The van der Waals surface area contributed by atoms with Crippen molar-refractivity contribution in [2.75, 3.05) is 17.6 Å². The Labute approximate surface area is 158 Å². The first-order valence-corrected chi connectivity index (χ1v) is 8.63. The number of anilines is 2. The molecule has 144 valence electrons. The first-order chi connectivity index (χ1) is 13.5. The number of nitrogens with zero attached hydrogens (tertiary/aromatic N) is 4. The quantitative estimate of drug-likeness (QED) is 0.612. The fourth-order valence-electron chi connectivity index (χ4n) is 3.35. The van der Waals surface area contributed by atoms with Crippen molar-refractivity contribution in [1.29, 1.82) is 0 Å². The monoisotopic (exact) mass is 385 g/mol. The Hall–Kier alpha value is -3.43. The molecule has 4 N–H and O–H groups in total. The van der Waals surface area contributed by atoms with Gasteiger partial charge >= 0.3 is 0 Å². The number of alkyl halides is 1. The van der Waals surface area contributed by atoms with Crippen LogP contribution in [0.15, 0.2) is 41.7 Å². The van der Waals surface area contributed by atoms with Crippen LogP contribution in [0, 0.1) is 5.82 Å². The summed E-state index contributed by atoms with van der Waals surface area (Å²) in [4.78, 5) is 30.4. The summed E-state index contributed by atoms with van der Waals surface area (Å²) in [6, 6.07) is 2.83. The lowest BCUT2D eigenvalue weighted by Crippen LogP contribution is -2.49. The van der Waals surface area contributed by atoms with Gasteiger partial charge in [0.05, 0.1) is 17.6 Å². The van der Waals surface area contributed by atoms with Crippen LogP contribution in [0.5, 0.6) is 0 Å².